The van der Waals surface area contributed by atoms with Crippen LogP contribution in [0, 0.1) is 5.92 Å². The van der Waals surface area contributed by atoms with Gasteiger partial charge in [0.1, 0.15) is 5.82 Å². The van der Waals surface area contributed by atoms with E-state index >= 15 is 0 Å². The maximum atomic E-state index is 11.9. The lowest BCUT2D eigenvalue weighted by Crippen LogP contribution is -2.22. The van der Waals surface area contributed by atoms with Gasteiger partial charge in [-0.15, -0.1) is 0 Å². The van der Waals surface area contributed by atoms with E-state index in [-0.39, 0.29) is 5.56 Å². The first-order chi connectivity index (χ1) is 14.2. The Morgan fingerprint density at radius 2 is 1.97 bits per heavy atom. The molecule has 2 N–H and O–H groups in total. The molecule has 29 heavy (non-hydrogen) atoms. The van der Waals surface area contributed by atoms with Crippen molar-refractivity contribution in [2.45, 2.75) is 50.6 Å². The molecule has 0 spiro atoms. The van der Waals surface area contributed by atoms with E-state index < -0.39 is 0 Å². The van der Waals surface area contributed by atoms with Crippen molar-refractivity contribution in [3.05, 3.63) is 52.9 Å². The fourth-order valence-corrected chi connectivity index (χ4v) is 3.75. The van der Waals surface area contributed by atoms with Gasteiger partial charge in [-0.1, -0.05) is 0 Å². The Bertz CT molecular complexity index is 1030. The average Bonchev–Trinajstić information content (AvgIpc) is 3.26. The second kappa shape index (κ2) is 7.65. The predicted molar refractivity (Wildman–Crippen MR) is 107 cm³/mol. The molecule has 9 heteroatoms. The lowest BCUT2D eigenvalue weighted by atomic mass is 10.2. The zero-order valence-corrected chi connectivity index (χ0v) is 16.0. The van der Waals surface area contributed by atoms with E-state index in [4.69, 9.17) is 4.52 Å². The van der Waals surface area contributed by atoms with Gasteiger partial charge in [-0.25, -0.2) is 4.98 Å². The summed E-state index contributed by atoms with van der Waals surface area (Å²) in [7, 11) is 0. The fourth-order valence-electron chi connectivity index (χ4n) is 3.75. The van der Waals surface area contributed by atoms with Crippen LogP contribution >= 0.6 is 0 Å². The van der Waals surface area contributed by atoms with Crippen LogP contribution < -0.4 is 16.2 Å². The Morgan fingerprint density at radius 1 is 1.10 bits per heavy atom. The molecule has 3 aromatic heterocycles. The van der Waals surface area contributed by atoms with Gasteiger partial charge >= 0.3 is 0 Å². The molecule has 0 saturated heterocycles. The summed E-state index contributed by atoms with van der Waals surface area (Å²) in [6, 6.07) is 7.44. The van der Waals surface area contributed by atoms with Crippen LogP contribution in [0.1, 0.15) is 38.0 Å². The molecule has 0 unspecified atom stereocenters. The molecule has 0 bridgehead atoms. The molecule has 2 atom stereocenters. The van der Waals surface area contributed by atoms with Crippen molar-refractivity contribution in [3.8, 4) is 5.69 Å². The molecule has 5 rings (SSSR count). The summed E-state index contributed by atoms with van der Waals surface area (Å²) >= 11 is 0. The van der Waals surface area contributed by atoms with Crippen molar-refractivity contribution in [1.82, 2.24) is 24.9 Å². The van der Waals surface area contributed by atoms with Gasteiger partial charge in [0.15, 0.2) is 0 Å². The third kappa shape index (κ3) is 4.28. The normalized spacial score (nSPS) is 21.2. The third-order valence-corrected chi connectivity index (χ3v) is 5.45. The number of aromatic nitrogens is 5. The number of rotatable bonds is 7. The van der Waals surface area contributed by atoms with Gasteiger partial charge < -0.3 is 15.2 Å². The Hall–Kier alpha value is -3.23. The first-order valence-electron chi connectivity index (χ1n) is 10.1. The van der Waals surface area contributed by atoms with Gasteiger partial charge in [-0.05, 0) is 61.4 Å². The number of nitrogens with zero attached hydrogens (tertiary/aromatic N) is 5. The van der Waals surface area contributed by atoms with Crippen LogP contribution in [0.15, 0.2) is 46.0 Å². The molecule has 0 aliphatic heterocycles. The first-order valence-corrected chi connectivity index (χ1v) is 10.1. The van der Waals surface area contributed by atoms with E-state index in [0.717, 1.165) is 43.3 Å². The molecule has 9 nitrogen and oxygen atoms in total. The average molecular weight is 393 g/mol. The van der Waals surface area contributed by atoms with Gasteiger partial charge in [0.2, 0.25) is 5.89 Å². The molecule has 2 saturated carbocycles. The van der Waals surface area contributed by atoms with Crippen molar-refractivity contribution >= 4 is 11.8 Å². The highest BCUT2D eigenvalue weighted by atomic mass is 16.5. The van der Waals surface area contributed by atoms with Crippen molar-refractivity contribution in [1.29, 1.82) is 0 Å². The first kappa shape index (κ1) is 17.8. The molecular formula is C20H23N7O2. The molecule has 3 aromatic rings. The topological polar surface area (TPSA) is 111 Å². The molecule has 0 radical (unpaired) electrons. The highest BCUT2D eigenvalue weighted by Gasteiger charge is 2.27. The van der Waals surface area contributed by atoms with Crippen LogP contribution in [0.4, 0.5) is 11.8 Å². The number of pyridine rings is 1. The smallest absolute Gasteiger partial charge is 0.271 e. The minimum absolute atomic E-state index is 0.179. The summed E-state index contributed by atoms with van der Waals surface area (Å²) in [6.07, 6.45) is 9.70. The molecule has 0 amide bonds. The standard InChI is InChI=1S/C20H23N7O2/c28-19-2-1-9-22-27(19)16-7-8-17(21-12-16)23-14-5-6-15(11-14)24-20-25-18(29-26-20)10-13-3-4-13/h1-2,7-9,12-15H,3-6,10-11H2,(H,21,23)(H,24,26)/t14-,15-/m0/s1. The Labute approximate surface area is 167 Å². The second-order valence-corrected chi connectivity index (χ2v) is 7.83. The number of nitrogens with one attached hydrogen (secondary N) is 2. The second-order valence-electron chi connectivity index (χ2n) is 7.83. The SMILES string of the molecule is O=c1cccnn1-c1ccc(N[C@H]2CC[C@H](Nc3noc(CC4CC4)n3)C2)nc1. The summed E-state index contributed by atoms with van der Waals surface area (Å²) in [5.41, 5.74) is 0.465. The zero-order valence-electron chi connectivity index (χ0n) is 16.0. The van der Waals surface area contributed by atoms with Crippen LogP contribution in [0.25, 0.3) is 5.69 Å². The highest BCUT2D eigenvalue weighted by molar-refractivity contribution is 5.41. The van der Waals surface area contributed by atoms with Crippen LogP contribution in [0.2, 0.25) is 0 Å². The Morgan fingerprint density at radius 3 is 2.72 bits per heavy atom. The summed E-state index contributed by atoms with van der Waals surface area (Å²) < 4.78 is 6.65. The molecule has 2 fully saturated rings. The van der Waals surface area contributed by atoms with E-state index in [2.05, 4.69) is 30.9 Å². The molecule has 2 aliphatic rings. The fraction of sp³-hybridized carbons (Fsp3) is 0.450. The van der Waals surface area contributed by atoms with E-state index in [0.29, 0.717) is 23.7 Å². The van der Waals surface area contributed by atoms with Crippen molar-refractivity contribution in [3.63, 3.8) is 0 Å². The molecule has 3 heterocycles. The molecule has 150 valence electrons. The minimum atomic E-state index is -0.179. The van der Waals surface area contributed by atoms with Gasteiger partial charge in [-0.2, -0.15) is 14.8 Å². The highest BCUT2D eigenvalue weighted by Crippen LogP contribution is 2.32. The van der Waals surface area contributed by atoms with E-state index in [1.54, 1.807) is 18.5 Å². The van der Waals surface area contributed by atoms with Gasteiger partial charge in [0.05, 0.1) is 11.9 Å². The Kier molecular flexibility index (Phi) is 4.71. The van der Waals surface area contributed by atoms with Crippen molar-refractivity contribution in [2.75, 3.05) is 10.6 Å². The Balaban J connectivity index is 1.15. The number of hydrogen-bond donors (Lipinski definition) is 2. The monoisotopic (exact) mass is 393 g/mol. The maximum Gasteiger partial charge on any atom is 0.271 e. The van der Waals surface area contributed by atoms with Gasteiger partial charge in [0, 0.05) is 30.8 Å². The lowest BCUT2D eigenvalue weighted by Gasteiger charge is -2.14. The van der Waals surface area contributed by atoms with E-state index in [9.17, 15) is 4.79 Å². The predicted octanol–water partition coefficient (Wildman–Crippen LogP) is 2.41. The van der Waals surface area contributed by atoms with Crippen LogP contribution in [-0.2, 0) is 6.42 Å². The molecule has 2 aliphatic carbocycles. The quantitative estimate of drug-likeness (QED) is 0.630. The van der Waals surface area contributed by atoms with Gasteiger partial charge in [-0.3, -0.25) is 4.79 Å². The summed E-state index contributed by atoms with van der Waals surface area (Å²) in [6.45, 7) is 0. The number of hydrogen-bond acceptors (Lipinski definition) is 8. The van der Waals surface area contributed by atoms with Crippen LogP contribution in [-0.4, -0.2) is 37.0 Å². The van der Waals surface area contributed by atoms with E-state index in [1.165, 1.54) is 23.6 Å². The summed E-state index contributed by atoms with van der Waals surface area (Å²) in [4.78, 5) is 20.7. The largest absolute Gasteiger partial charge is 0.367 e. The third-order valence-electron chi connectivity index (χ3n) is 5.45. The van der Waals surface area contributed by atoms with Gasteiger partial charge in [0.25, 0.3) is 11.5 Å². The lowest BCUT2D eigenvalue weighted by molar-refractivity contribution is 0.373. The zero-order chi connectivity index (χ0) is 19.6. The summed E-state index contributed by atoms with van der Waals surface area (Å²) in [5.74, 6) is 2.85. The van der Waals surface area contributed by atoms with Crippen molar-refractivity contribution in [2.24, 2.45) is 5.92 Å². The van der Waals surface area contributed by atoms with Crippen LogP contribution in [0.3, 0.4) is 0 Å². The summed E-state index contributed by atoms with van der Waals surface area (Å²) in [5, 5.41) is 15.0. The van der Waals surface area contributed by atoms with Crippen molar-refractivity contribution < 1.29 is 4.52 Å². The van der Waals surface area contributed by atoms with Crippen LogP contribution in [0.5, 0.6) is 0 Å². The van der Waals surface area contributed by atoms with E-state index in [1.807, 2.05) is 12.1 Å². The minimum Gasteiger partial charge on any atom is -0.367 e. The molecule has 0 aromatic carbocycles. The number of anilines is 2. The molecular weight excluding hydrogens is 370 g/mol. The maximum absolute atomic E-state index is 11.9.